The van der Waals surface area contributed by atoms with Crippen LogP contribution in [-0.4, -0.2) is 21.2 Å². The van der Waals surface area contributed by atoms with E-state index >= 15 is 0 Å². The first kappa shape index (κ1) is 16.7. The molecule has 1 amide bonds. The molecule has 2 aromatic rings. The van der Waals surface area contributed by atoms with Crippen LogP contribution in [0.1, 0.15) is 49.1 Å². The summed E-state index contributed by atoms with van der Waals surface area (Å²) in [4.78, 5) is 12.6. The van der Waals surface area contributed by atoms with Gasteiger partial charge in [-0.1, -0.05) is 37.5 Å². The van der Waals surface area contributed by atoms with E-state index in [2.05, 4.69) is 10.4 Å². The van der Waals surface area contributed by atoms with Gasteiger partial charge in [0.05, 0.1) is 16.9 Å². The van der Waals surface area contributed by atoms with Crippen LogP contribution in [0.5, 0.6) is 0 Å². The number of benzene rings is 1. The molecule has 1 heterocycles. The van der Waals surface area contributed by atoms with Gasteiger partial charge in [0.25, 0.3) is 0 Å². The van der Waals surface area contributed by atoms with Gasteiger partial charge < -0.3 is 11.1 Å². The minimum Gasteiger partial charge on any atom is -0.350 e. The molecule has 1 aliphatic carbocycles. The van der Waals surface area contributed by atoms with Crippen molar-refractivity contribution in [3.05, 3.63) is 47.3 Å². The molecule has 0 spiro atoms. The monoisotopic (exact) mass is 326 g/mol. The molecule has 0 saturated heterocycles. The Morgan fingerprint density at radius 3 is 2.62 bits per heavy atom. The lowest BCUT2D eigenvalue weighted by atomic mass is 9.82. The summed E-state index contributed by atoms with van der Waals surface area (Å²) in [5.74, 6) is -0.0367. The highest BCUT2D eigenvalue weighted by molar-refractivity contribution is 5.86. The van der Waals surface area contributed by atoms with Gasteiger partial charge in [-0.25, -0.2) is 4.68 Å². The zero-order chi connectivity index (χ0) is 17.2. The number of carbonyl (C=O) groups excluding carboxylic acids is 1. The SMILES string of the molecule is Cc1cc(C)n(-c2ccccc2CNC(=O)C2(N)CCCCC2)n1. The molecule has 128 valence electrons. The number of aromatic nitrogens is 2. The van der Waals surface area contributed by atoms with Crippen LogP contribution in [0.25, 0.3) is 5.69 Å². The third-order valence-corrected chi connectivity index (χ3v) is 4.87. The number of nitrogens with zero attached hydrogens (tertiary/aromatic N) is 2. The van der Waals surface area contributed by atoms with Gasteiger partial charge in [0, 0.05) is 12.2 Å². The number of hydrogen-bond acceptors (Lipinski definition) is 3. The Hall–Kier alpha value is -2.14. The van der Waals surface area contributed by atoms with Crippen LogP contribution in [0.3, 0.4) is 0 Å². The predicted molar refractivity (Wildman–Crippen MR) is 94.9 cm³/mol. The van der Waals surface area contributed by atoms with Crippen LogP contribution >= 0.6 is 0 Å². The second-order valence-electron chi connectivity index (χ2n) is 6.87. The molecule has 0 aliphatic heterocycles. The first-order valence-corrected chi connectivity index (χ1v) is 8.68. The van der Waals surface area contributed by atoms with E-state index in [0.29, 0.717) is 6.54 Å². The van der Waals surface area contributed by atoms with E-state index in [4.69, 9.17) is 5.73 Å². The number of rotatable bonds is 4. The van der Waals surface area contributed by atoms with Crippen LogP contribution in [0, 0.1) is 13.8 Å². The molecular formula is C19H26N4O. The first-order chi connectivity index (χ1) is 11.5. The molecule has 1 fully saturated rings. The number of nitrogens with two attached hydrogens (primary N) is 1. The molecule has 3 rings (SSSR count). The van der Waals surface area contributed by atoms with Gasteiger partial charge in [-0.05, 0) is 44.4 Å². The second kappa shape index (κ2) is 6.77. The lowest BCUT2D eigenvalue weighted by Gasteiger charge is -2.31. The van der Waals surface area contributed by atoms with Crippen molar-refractivity contribution in [1.29, 1.82) is 0 Å². The molecule has 1 aliphatic rings. The maximum atomic E-state index is 12.6. The van der Waals surface area contributed by atoms with Crippen molar-refractivity contribution in [1.82, 2.24) is 15.1 Å². The quantitative estimate of drug-likeness (QED) is 0.907. The summed E-state index contributed by atoms with van der Waals surface area (Å²) in [7, 11) is 0. The van der Waals surface area contributed by atoms with E-state index in [9.17, 15) is 4.79 Å². The van der Waals surface area contributed by atoms with Crippen LogP contribution in [0.2, 0.25) is 0 Å². The normalized spacial score (nSPS) is 16.8. The largest absolute Gasteiger partial charge is 0.350 e. The average molecular weight is 326 g/mol. The van der Waals surface area contributed by atoms with Gasteiger partial charge in [-0.3, -0.25) is 4.79 Å². The molecule has 5 nitrogen and oxygen atoms in total. The molecule has 1 aromatic heterocycles. The molecule has 1 aromatic carbocycles. The maximum absolute atomic E-state index is 12.6. The summed E-state index contributed by atoms with van der Waals surface area (Å²) in [5.41, 5.74) is 9.71. The highest BCUT2D eigenvalue weighted by atomic mass is 16.2. The van der Waals surface area contributed by atoms with E-state index in [0.717, 1.165) is 48.3 Å². The van der Waals surface area contributed by atoms with Crippen molar-refractivity contribution in [2.24, 2.45) is 5.73 Å². The Bertz CT molecular complexity index is 729. The number of aryl methyl sites for hydroxylation is 2. The topological polar surface area (TPSA) is 72.9 Å². The van der Waals surface area contributed by atoms with Crippen LogP contribution in [0.15, 0.2) is 30.3 Å². The van der Waals surface area contributed by atoms with Gasteiger partial charge in [0.15, 0.2) is 0 Å². The maximum Gasteiger partial charge on any atom is 0.240 e. The van der Waals surface area contributed by atoms with Crippen molar-refractivity contribution < 1.29 is 4.79 Å². The number of para-hydroxylation sites is 1. The summed E-state index contributed by atoms with van der Waals surface area (Å²) in [6, 6.07) is 10.1. The van der Waals surface area contributed by atoms with Gasteiger partial charge >= 0.3 is 0 Å². The highest BCUT2D eigenvalue weighted by Gasteiger charge is 2.35. The Morgan fingerprint density at radius 2 is 1.96 bits per heavy atom. The van der Waals surface area contributed by atoms with E-state index in [1.54, 1.807) is 0 Å². The number of amides is 1. The van der Waals surface area contributed by atoms with E-state index < -0.39 is 5.54 Å². The van der Waals surface area contributed by atoms with Crippen LogP contribution in [-0.2, 0) is 11.3 Å². The van der Waals surface area contributed by atoms with Gasteiger partial charge in [0.1, 0.15) is 0 Å². The number of hydrogen-bond donors (Lipinski definition) is 2. The zero-order valence-electron chi connectivity index (χ0n) is 14.5. The Balaban J connectivity index is 1.76. The van der Waals surface area contributed by atoms with Gasteiger partial charge in [-0.15, -0.1) is 0 Å². The molecule has 0 bridgehead atoms. The minimum absolute atomic E-state index is 0.0367. The lowest BCUT2D eigenvalue weighted by molar-refractivity contribution is -0.127. The fourth-order valence-electron chi connectivity index (χ4n) is 3.50. The molecule has 1 saturated carbocycles. The predicted octanol–water partition coefficient (Wildman–Crippen LogP) is 2.77. The van der Waals surface area contributed by atoms with Crippen molar-refractivity contribution in [2.45, 2.75) is 58.0 Å². The fourth-order valence-corrected chi connectivity index (χ4v) is 3.50. The number of nitrogens with one attached hydrogen (secondary N) is 1. The summed E-state index contributed by atoms with van der Waals surface area (Å²) in [6.07, 6.45) is 4.79. The van der Waals surface area contributed by atoms with Crippen molar-refractivity contribution in [3.8, 4) is 5.69 Å². The molecule has 0 atom stereocenters. The van der Waals surface area contributed by atoms with Gasteiger partial charge in [-0.2, -0.15) is 5.10 Å². The molecule has 24 heavy (non-hydrogen) atoms. The first-order valence-electron chi connectivity index (χ1n) is 8.68. The standard InChI is InChI=1S/C19H26N4O/c1-14-12-15(2)23(22-14)17-9-5-4-8-16(17)13-21-18(24)19(20)10-6-3-7-11-19/h4-5,8-9,12H,3,6-7,10-11,13,20H2,1-2H3,(H,21,24). The molecule has 0 unspecified atom stereocenters. The van der Waals surface area contributed by atoms with Crippen molar-refractivity contribution in [2.75, 3.05) is 0 Å². The summed E-state index contributed by atoms with van der Waals surface area (Å²) in [6.45, 7) is 4.48. The highest BCUT2D eigenvalue weighted by Crippen LogP contribution is 2.26. The Labute approximate surface area is 143 Å². The fraction of sp³-hybridized carbons (Fsp3) is 0.474. The van der Waals surface area contributed by atoms with Crippen molar-refractivity contribution in [3.63, 3.8) is 0 Å². The molecular weight excluding hydrogens is 300 g/mol. The molecule has 0 radical (unpaired) electrons. The van der Waals surface area contributed by atoms with E-state index in [1.807, 2.05) is 48.9 Å². The van der Waals surface area contributed by atoms with E-state index in [1.165, 1.54) is 6.42 Å². The van der Waals surface area contributed by atoms with Gasteiger partial charge in [0.2, 0.25) is 5.91 Å². The van der Waals surface area contributed by atoms with E-state index in [-0.39, 0.29) is 5.91 Å². The summed E-state index contributed by atoms with van der Waals surface area (Å²) in [5, 5.41) is 7.59. The number of carbonyl (C=O) groups is 1. The smallest absolute Gasteiger partial charge is 0.240 e. The minimum atomic E-state index is -0.703. The van der Waals surface area contributed by atoms with Crippen molar-refractivity contribution >= 4 is 5.91 Å². The second-order valence-corrected chi connectivity index (χ2v) is 6.87. The third-order valence-electron chi connectivity index (χ3n) is 4.87. The summed E-state index contributed by atoms with van der Waals surface area (Å²) < 4.78 is 1.93. The van der Waals surface area contributed by atoms with Crippen LogP contribution in [0.4, 0.5) is 0 Å². The lowest BCUT2D eigenvalue weighted by Crippen LogP contribution is -2.54. The Kier molecular flexibility index (Phi) is 4.71. The zero-order valence-corrected chi connectivity index (χ0v) is 14.5. The molecule has 3 N–H and O–H groups in total. The average Bonchev–Trinajstić information content (AvgIpc) is 2.92. The summed E-state index contributed by atoms with van der Waals surface area (Å²) >= 11 is 0. The van der Waals surface area contributed by atoms with Crippen LogP contribution < -0.4 is 11.1 Å². The molecule has 5 heteroatoms. The Morgan fingerprint density at radius 1 is 1.25 bits per heavy atom. The third kappa shape index (κ3) is 3.36.